The summed E-state index contributed by atoms with van der Waals surface area (Å²) in [5, 5.41) is 5.40. The molecule has 0 spiro atoms. The number of hydrogen-bond donors (Lipinski definition) is 2. The Labute approximate surface area is 140 Å². The molecule has 0 amide bonds. The molecule has 24 heavy (non-hydrogen) atoms. The fourth-order valence-electron chi connectivity index (χ4n) is 2.47. The molecule has 128 valence electrons. The maximum atomic E-state index is 12.0. The van der Waals surface area contributed by atoms with Gasteiger partial charge in [0, 0.05) is 31.9 Å². The van der Waals surface area contributed by atoms with Crippen molar-refractivity contribution in [3.8, 4) is 0 Å². The van der Waals surface area contributed by atoms with Gasteiger partial charge < -0.3 is 15.5 Å². The summed E-state index contributed by atoms with van der Waals surface area (Å²) in [5.74, 6) is -0.0371. The first-order valence-corrected chi connectivity index (χ1v) is 7.77. The summed E-state index contributed by atoms with van der Waals surface area (Å²) < 4.78 is 0. The number of ketones is 1. The summed E-state index contributed by atoms with van der Waals surface area (Å²) in [7, 11) is 5.56. The highest BCUT2D eigenvalue weighted by molar-refractivity contribution is 5.85. The van der Waals surface area contributed by atoms with E-state index in [9.17, 15) is 14.4 Å². The highest BCUT2D eigenvalue weighted by Gasteiger charge is 2.19. The summed E-state index contributed by atoms with van der Waals surface area (Å²) in [6.07, 6.45) is 2.63. The number of Topliss-reactive ketones (excluding diaryl/α,β-unsaturated/α-hetero) is 1. The zero-order valence-electron chi connectivity index (χ0n) is 14.2. The number of aromatic nitrogens is 1. The van der Waals surface area contributed by atoms with Crippen LogP contribution in [0.5, 0.6) is 0 Å². The van der Waals surface area contributed by atoms with Crippen LogP contribution in [0.1, 0.15) is 17.7 Å². The first kappa shape index (κ1) is 17.8. The van der Waals surface area contributed by atoms with E-state index in [2.05, 4.69) is 20.5 Å². The zero-order valence-corrected chi connectivity index (χ0v) is 14.2. The second kappa shape index (κ2) is 7.83. The van der Waals surface area contributed by atoms with Gasteiger partial charge in [0.05, 0.1) is 6.54 Å². The second-order valence-corrected chi connectivity index (χ2v) is 5.94. The van der Waals surface area contributed by atoms with Gasteiger partial charge in [-0.05, 0) is 38.2 Å². The van der Waals surface area contributed by atoms with E-state index in [1.165, 1.54) is 0 Å². The molecule has 0 bridgehead atoms. The van der Waals surface area contributed by atoms with Crippen LogP contribution in [0.3, 0.4) is 0 Å². The molecule has 1 aromatic carbocycles. The molecule has 2 rings (SSSR count). The molecule has 0 aliphatic carbocycles. The van der Waals surface area contributed by atoms with E-state index in [0.717, 1.165) is 17.8 Å². The monoisotopic (exact) mass is 330 g/mol. The van der Waals surface area contributed by atoms with Gasteiger partial charge in [-0.25, -0.2) is 0 Å². The molecule has 0 saturated carbocycles. The van der Waals surface area contributed by atoms with E-state index in [0.29, 0.717) is 12.8 Å². The van der Waals surface area contributed by atoms with Crippen molar-refractivity contribution < 1.29 is 4.79 Å². The van der Waals surface area contributed by atoms with Crippen molar-refractivity contribution in [3.05, 3.63) is 50.0 Å². The fourth-order valence-corrected chi connectivity index (χ4v) is 2.47. The molecule has 2 N–H and O–H groups in total. The predicted octanol–water partition coefficient (Wildman–Crippen LogP) is 0.395. The van der Waals surface area contributed by atoms with Crippen LogP contribution in [0.25, 0.3) is 0 Å². The lowest BCUT2D eigenvalue weighted by Crippen LogP contribution is -2.37. The molecule has 2 aromatic rings. The topological polar surface area (TPSA) is 91.4 Å². The number of aryl methyl sites for hydroxylation is 1. The van der Waals surface area contributed by atoms with Crippen molar-refractivity contribution in [1.29, 1.82) is 0 Å². The Kier molecular flexibility index (Phi) is 5.81. The highest BCUT2D eigenvalue weighted by Crippen LogP contribution is 2.13. The van der Waals surface area contributed by atoms with Crippen molar-refractivity contribution in [2.24, 2.45) is 0 Å². The molecule has 0 aliphatic heterocycles. The third-order valence-corrected chi connectivity index (χ3v) is 3.66. The Morgan fingerprint density at radius 1 is 1.21 bits per heavy atom. The predicted molar refractivity (Wildman–Crippen MR) is 94.3 cm³/mol. The van der Waals surface area contributed by atoms with Gasteiger partial charge in [-0.1, -0.05) is 0 Å². The smallest absolute Gasteiger partial charge is 0.253 e. The number of carbonyl (C=O) groups excluding carboxylic acids is 1. The van der Waals surface area contributed by atoms with Gasteiger partial charge in [-0.2, -0.15) is 0 Å². The van der Waals surface area contributed by atoms with Gasteiger partial charge in [0.25, 0.3) is 10.9 Å². The normalized spacial score (nSPS) is 11.0. The Morgan fingerprint density at radius 2 is 1.92 bits per heavy atom. The minimum Gasteiger partial charge on any atom is -0.383 e. The molecule has 0 fully saturated rings. The van der Waals surface area contributed by atoms with Crippen molar-refractivity contribution >= 4 is 17.2 Å². The van der Waals surface area contributed by atoms with Crippen LogP contribution in [0.4, 0.5) is 11.4 Å². The molecule has 7 heteroatoms. The lowest BCUT2D eigenvalue weighted by molar-refractivity contribution is -0.117. The zero-order chi connectivity index (χ0) is 17.7. The van der Waals surface area contributed by atoms with Crippen LogP contribution in [0.15, 0.2) is 27.9 Å². The highest BCUT2D eigenvalue weighted by atomic mass is 16.2. The first-order valence-electron chi connectivity index (χ1n) is 7.77. The third-order valence-electron chi connectivity index (χ3n) is 3.66. The van der Waals surface area contributed by atoms with Gasteiger partial charge in [-0.3, -0.25) is 19.4 Å². The van der Waals surface area contributed by atoms with E-state index >= 15 is 0 Å². The molecular formula is C17H22N4O3. The quantitative estimate of drug-likeness (QED) is 0.643. The SMILES string of the molecule is CNc1c(NCC(=O)CCc2cc(CN(C)C)ccn2)c(=O)c1=O. The van der Waals surface area contributed by atoms with Crippen molar-refractivity contribution in [3.63, 3.8) is 0 Å². The van der Waals surface area contributed by atoms with Gasteiger partial charge in [0.15, 0.2) is 5.78 Å². The standard InChI is InChI=1S/C17H22N4O3/c1-18-14-15(17(24)16(14)23)20-9-13(22)5-4-12-8-11(6-7-19-12)10-21(2)3/h6-8,18,20H,4-5,9-10H2,1-3H3. The van der Waals surface area contributed by atoms with Crippen LogP contribution in [-0.2, 0) is 17.8 Å². The molecule has 7 nitrogen and oxygen atoms in total. The molecule has 0 radical (unpaired) electrons. The summed E-state index contributed by atoms with van der Waals surface area (Å²) in [5.41, 5.74) is 1.33. The van der Waals surface area contributed by atoms with E-state index in [1.54, 1.807) is 13.2 Å². The number of nitrogens with zero attached hydrogens (tertiary/aromatic N) is 2. The maximum absolute atomic E-state index is 12.0. The van der Waals surface area contributed by atoms with Gasteiger partial charge in [0.1, 0.15) is 11.4 Å². The largest absolute Gasteiger partial charge is 0.383 e. The van der Waals surface area contributed by atoms with Gasteiger partial charge in [-0.15, -0.1) is 0 Å². The van der Waals surface area contributed by atoms with Crippen LogP contribution in [0.2, 0.25) is 0 Å². The number of hydrogen-bond acceptors (Lipinski definition) is 7. The summed E-state index contributed by atoms with van der Waals surface area (Å²) in [6, 6.07) is 3.95. The van der Waals surface area contributed by atoms with E-state index < -0.39 is 10.9 Å². The van der Waals surface area contributed by atoms with Crippen LogP contribution >= 0.6 is 0 Å². The minimum atomic E-state index is -0.579. The molecule has 0 saturated heterocycles. The molecule has 1 heterocycles. The Hall–Kier alpha value is -2.54. The number of nitrogens with one attached hydrogen (secondary N) is 2. The Morgan fingerprint density at radius 3 is 2.58 bits per heavy atom. The average Bonchev–Trinajstić information content (AvgIpc) is 2.55. The molecular weight excluding hydrogens is 308 g/mol. The van der Waals surface area contributed by atoms with Crippen LogP contribution in [0, 0.1) is 0 Å². The van der Waals surface area contributed by atoms with Crippen molar-refractivity contribution in [2.45, 2.75) is 19.4 Å². The molecule has 1 aromatic heterocycles. The third kappa shape index (κ3) is 4.26. The maximum Gasteiger partial charge on any atom is 0.253 e. The first-order chi connectivity index (χ1) is 11.4. The molecule has 0 atom stereocenters. The molecule has 0 aliphatic rings. The summed E-state index contributed by atoms with van der Waals surface area (Å²) in [6.45, 7) is 0.846. The Bertz CT molecular complexity index is 791. The number of carbonyl (C=O) groups is 1. The Balaban J connectivity index is 1.84. The second-order valence-electron chi connectivity index (χ2n) is 5.94. The van der Waals surface area contributed by atoms with Crippen LogP contribution in [-0.4, -0.2) is 43.4 Å². The number of anilines is 2. The fraction of sp³-hybridized carbons (Fsp3) is 0.412. The lowest BCUT2D eigenvalue weighted by atomic mass is 10.1. The summed E-state index contributed by atoms with van der Waals surface area (Å²) >= 11 is 0. The van der Waals surface area contributed by atoms with E-state index in [-0.39, 0.29) is 23.7 Å². The van der Waals surface area contributed by atoms with Gasteiger partial charge in [0.2, 0.25) is 0 Å². The average molecular weight is 330 g/mol. The lowest BCUT2D eigenvalue weighted by Gasteiger charge is -2.12. The minimum absolute atomic E-state index is 0.0247. The summed E-state index contributed by atoms with van der Waals surface area (Å²) in [4.78, 5) is 41.0. The number of pyridine rings is 1. The van der Waals surface area contributed by atoms with Crippen LogP contribution < -0.4 is 21.5 Å². The molecule has 0 unspecified atom stereocenters. The van der Waals surface area contributed by atoms with Crippen molar-refractivity contribution in [1.82, 2.24) is 9.88 Å². The number of rotatable bonds is 9. The van der Waals surface area contributed by atoms with E-state index in [1.807, 2.05) is 26.2 Å². The van der Waals surface area contributed by atoms with Gasteiger partial charge >= 0.3 is 0 Å². The van der Waals surface area contributed by atoms with E-state index in [4.69, 9.17) is 0 Å². The van der Waals surface area contributed by atoms with Crippen molar-refractivity contribution in [2.75, 3.05) is 38.3 Å².